The largest absolute Gasteiger partial charge is 0.495 e. The van der Waals surface area contributed by atoms with Crippen LogP contribution < -0.4 is 15.2 Å². The Morgan fingerprint density at radius 3 is 2.62 bits per heavy atom. The number of amides is 1. The average molecular weight is 366 g/mol. The summed E-state index contributed by atoms with van der Waals surface area (Å²) >= 11 is 1.66. The second-order valence-corrected chi connectivity index (χ2v) is 7.39. The lowest BCUT2D eigenvalue weighted by Crippen LogP contribution is -2.16. The number of nitrogens with one attached hydrogen (secondary N) is 1. The Bertz CT molecular complexity index is 851. The standard InChI is InChI=1S/C16H18N2O4S2/c1-22-14-7-6-13(9-15(14)24(17,20)21)18-16(19)12-5-3-4-11(8-12)10-23-2/h3-9H,10H2,1-2H3,(H,18,19)(H2,17,20,21). The van der Waals surface area contributed by atoms with Crippen molar-refractivity contribution in [3.8, 4) is 5.75 Å². The lowest BCUT2D eigenvalue weighted by Gasteiger charge is -2.11. The van der Waals surface area contributed by atoms with Crippen LogP contribution in [0.3, 0.4) is 0 Å². The first-order valence-corrected chi connectivity index (χ1v) is 9.89. The van der Waals surface area contributed by atoms with Crippen molar-refractivity contribution in [2.24, 2.45) is 5.14 Å². The van der Waals surface area contributed by atoms with Gasteiger partial charge >= 0.3 is 0 Å². The molecule has 0 atom stereocenters. The predicted octanol–water partition coefficient (Wildman–Crippen LogP) is 2.46. The summed E-state index contributed by atoms with van der Waals surface area (Å²) < 4.78 is 28.2. The first-order valence-electron chi connectivity index (χ1n) is 6.95. The van der Waals surface area contributed by atoms with Crippen molar-refractivity contribution in [3.63, 3.8) is 0 Å². The van der Waals surface area contributed by atoms with E-state index in [1.807, 2.05) is 18.4 Å². The highest BCUT2D eigenvalue weighted by atomic mass is 32.2. The van der Waals surface area contributed by atoms with E-state index in [2.05, 4.69) is 5.32 Å². The number of ether oxygens (including phenoxy) is 1. The van der Waals surface area contributed by atoms with Crippen LogP contribution in [0.1, 0.15) is 15.9 Å². The molecule has 0 spiro atoms. The Labute approximate surface area is 145 Å². The van der Waals surface area contributed by atoms with Gasteiger partial charge in [-0.25, -0.2) is 13.6 Å². The zero-order valence-electron chi connectivity index (χ0n) is 13.3. The van der Waals surface area contributed by atoms with Gasteiger partial charge < -0.3 is 10.1 Å². The number of primary sulfonamides is 1. The van der Waals surface area contributed by atoms with Crippen molar-refractivity contribution in [3.05, 3.63) is 53.6 Å². The summed E-state index contributed by atoms with van der Waals surface area (Å²) in [5, 5.41) is 7.84. The number of thioether (sulfide) groups is 1. The molecule has 2 rings (SSSR count). The van der Waals surface area contributed by atoms with Crippen LogP contribution >= 0.6 is 11.8 Å². The van der Waals surface area contributed by atoms with Gasteiger partial charge in [-0.05, 0) is 42.2 Å². The van der Waals surface area contributed by atoms with Crippen molar-refractivity contribution in [1.82, 2.24) is 0 Å². The number of hydrogen-bond donors (Lipinski definition) is 2. The van der Waals surface area contributed by atoms with Gasteiger partial charge in [0.1, 0.15) is 10.6 Å². The highest BCUT2D eigenvalue weighted by Crippen LogP contribution is 2.26. The zero-order chi connectivity index (χ0) is 17.7. The van der Waals surface area contributed by atoms with E-state index in [1.54, 1.807) is 30.0 Å². The van der Waals surface area contributed by atoms with Crippen LogP contribution in [0.5, 0.6) is 5.75 Å². The van der Waals surface area contributed by atoms with Gasteiger partial charge in [0.05, 0.1) is 7.11 Å². The van der Waals surface area contributed by atoms with Crippen LogP contribution in [0, 0.1) is 0 Å². The fraction of sp³-hybridized carbons (Fsp3) is 0.188. The molecule has 8 heteroatoms. The van der Waals surface area contributed by atoms with Crippen molar-refractivity contribution >= 4 is 33.4 Å². The second-order valence-electron chi connectivity index (χ2n) is 5.00. The van der Waals surface area contributed by atoms with Crippen molar-refractivity contribution < 1.29 is 17.9 Å². The van der Waals surface area contributed by atoms with E-state index in [9.17, 15) is 13.2 Å². The number of benzene rings is 2. The summed E-state index contributed by atoms with van der Waals surface area (Å²) in [7, 11) is -2.61. The van der Waals surface area contributed by atoms with Gasteiger partial charge in [-0.3, -0.25) is 4.79 Å². The Morgan fingerprint density at radius 2 is 2.00 bits per heavy atom. The molecular formula is C16H18N2O4S2. The quantitative estimate of drug-likeness (QED) is 0.818. The lowest BCUT2D eigenvalue weighted by molar-refractivity contribution is 0.102. The number of hydrogen-bond acceptors (Lipinski definition) is 5. The molecule has 0 fully saturated rings. The number of anilines is 1. The van der Waals surface area contributed by atoms with Crippen molar-refractivity contribution in [2.45, 2.75) is 10.6 Å². The van der Waals surface area contributed by atoms with Gasteiger partial charge in [0.15, 0.2) is 0 Å². The van der Waals surface area contributed by atoms with Gasteiger partial charge in [-0.2, -0.15) is 11.8 Å². The highest BCUT2D eigenvalue weighted by Gasteiger charge is 2.16. The van der Waals surface area contributed by atoms with E-state index in [-0.39, 0.29) is 16.6 Å². The third-order valence-electron chi connectivity index (χ3n) is 3.23. The third kappa shape index (κ3) is 4.50. The van der Waals surface area contributed by atoms with Crippen LogP contribution in [0.4, 0.5) is 5.69 Å². The summed E-state index contributed by atoms with van der Waals surface area (Å²) in [4.78, 5) is 12.2. The highest BCUT2D eigenvalue weighted by molar-refractivity contribution is 7.97. The SMILES string of the molecule is COc1ccc(NC(=O)c2cccc(CSC)c2)cc1S(N)(=O)=O. The Morgan fingerprint density at radius 1 is 1.25 bits per heavy atom. The maximum absolute atomic E-state index is 12.4. The Kier molecular flexibility index (Phi) is 5.87. The molecule has 2 aromatic rings. The summed E-state index contributed by atoms with van der Waals surface area (Å²) in [6, 6.07) is 11.5. The van der Waals surface area contributed by atoms with E-state index in [4.69, 9.17) is 9.88 Å². The monoisotopic (exact) mass is 366 g/mol. The fourth-order valence-electron chi connectivity index (χ4n) is 2.15. The minimum atomic E-state index is -3.96. The summed E-state index contributed by atoms with van der Waals surface area (Å²) in [5.41, 5.74) is 1.85. The number of methoxy groups -OCH3 is 1. The first-order chi connectivity index (χ1) is 11.3. The van der Waals surface area contributed by atoms with Gasteiger partial charge in [-0.15, -0.1) is 0 Å². The van der Waals surface area contributed by atoms with Crippen LogP contribution in [-0.4, -0.2) is 27.7 Å². The van der Waals surface area contributed by atoms with E-state index in [0.29, 0.717) is 11.3 Å². The van der Waals surface area contributed by atoms with Gasteiger partial charge in [-0.1, -0.05) is 12.1 Å². The van der Waals surface area contributed by atoms with Crippen LogP contribution in [-0.2, 0) is 15.8 Å². The number of sulfonamides is 1. The minimum absolute atomic E-state index is 0.123. The molecule has 1 amide bonds. The molecule has 0 aliphatic heterocycles. The summed E-state index contributed by atoms with van der Waals surface area (Å²) in [6.45, 7) is 0. The molecule has 0 saturated carbocycles. The third-order valence-corrected chi connectivity index (χ3v) is 4.78. The van der Waals surface area contributed by atoms with Crippen molar-refractivity contribution in [1.29, 1.82) is 0 Å². The first kappa shape index (κ1) is 18.3. The molecule has 0 saturated heterocycles. The molecule has 3 N–H and O–H groups in total. The van der Waals surface area contributed by atoms with E-state index < -0.39 is 10.0 Å². The Balaban J connectivity index is 2.28. The van der Waals surface area contributed by atoms with Crippen LogP contribution in [0.2, 0.25) is 0 Å². The minimum Gasteiger partial charge on any atom is -0.495 e. The maximum Gasteiger partial charge on any atom is 0.255 e. The lowest BCUT2D eigenvalue weighted by atomic mass is 10.1. The topological polar surface area (TPSA) is 98.5 Å². The normalized spacial score (nSPS) is 11.1. The molecule has 0 aliphatic rings. The molecule has 0 radical (unpaired) electrons. The Hall–Kier alpha value is -2.03. The second kappa shape index (κ2) is 7.69. The van der Waals surface area contributed by atoms with Gasteiger partial charge in [0.25, 0.3) is 5.91 Å². The molecule has 6 nitrogen and oxygen atoms in total. The molecule has 24 heavy (non-hydrogen) atoms. The molecule has 0 aromatic heterocycles. The molecule has 2 aromatic carbocycles. The van der Waals surface area contributed by atoms with E-state index >= 15 is 0 Å². The average Bonchev–Trinajstić information content (AvgIpc) is 2.54. The van der Waals surface area contributed by atoms with E-state index in [0.717, 1.165) is 11.3 Å². The van der Waals surface area contributed by atoms with Crippen LogP contribution in [0.25, 0.3) is 0 Å². The molecule has 0 heterocycles. The molecule has 0 unspecified atom stereocenters. The van der Waals surface area contributed by atoms with E-state index in [1.165, 1.54) is 19.2 Å². The van der Waals surface area contributed by atoms with Crippen molar-refractivity contribution in [2.75, 3.05) is 18.7 Å². The number of carbonyl (C=O) groups is 1. The smallest absolute Gasteiger partial charge is 0.255 e. The number of rotatable bonds is 6. The number of nitrogens with two attached hydrogens (primary N) is 1. The number of carbonyl (C=O) groups excluding carboxylic acids is 1. The van der Waals surface area contributed by atoms with Crippen LogP contribution in [0.15, 0.2) is 47.4 Å². The van der Waals surface area contributed by atoms with Gasteiger partial charge in [0.2, 0.25) is 10.0 Å². The summed E-state index contributed by atoms with van der Waals surface area (Å²) in [5.74, 6) is 0.597. The van der Waals surface area contributed by atoms with Gasteiger partial charge in [0, 0.05) is 17.0 Å². The predicted molar refractivity (Wildman–Crippen MR) is 96.0 cm³/mol. The molecule has 0 bridgehead atoms. The maximum atomic E-state index is 12.4. The molecule has 0 aliphatic carbocycles. The fourth-order valence-corrected chi connectivity index (χ4v) is 3.39. The molecule has 128 valence electrons. The molecular weight excluding hydrogens is 348 g/mol. The summed E-state index contributed by atoms with van der Waals surface area (Å²) in [6.07, 6.45) is 1.99. The zero-order valence-corrected chi connectivity index (χ0v) is 14.9.